The fourth-order valence-corrected chi connectivity index (χ4v) is 5.21. The summed E-state index contributed by atoms with van der Waals surface area (Å²) in [5.41, 5.74) is 4.76. The molecule has 182 valence electrons. The number of thiophene rings is 1. The van der Waals surface area contributed by atoms with Crippen LogP contribution in [0.3, 0.4) is 0 Å². The van der Waals surface area contributed by atoms with E-state index in [0.717, 1.165) is 16.8 Å². The van der Waals surface area contributed by atoms with Crippen LogP contribution in [0.5, 0.6) is 0 Å². The number of ether oxygens (including phenoxy) is 1. The number of aromatic nitrogens is 1. The molecule has 2 aromatic carbocycles. The zero-order chi connectivity index (χ0) is 25.1. The van der Waals surface area contributed by atoms with Crippen LogP contribution in [0.2, 0.25) is 4.34 Å². The van der Waals surface area contributed by atoms with Crippen LogP contribution in [0.25, 0.3) is 0 Å². The molecule has 2 N–H and O–H groups in total. The topological polar surface area (TPSA) is 83.6 Å². The van der Waals surface area contributed by atoms with Crippen LogP contribution in [0, 0.1) is 0 Å². The molecule has 36 heavy (non-hydrogen) atoms. The molecule has 0 aliphatic carbocycles. The summed E-state index contributed by atoms with van der Waals surface area (Å²) in [6.07, 6.45) is 2.86. The van der Waals surface area contributed by atoms with Gasteiger partial charge in [0.1, 0.15) is 0 Å². The molecule has 2 amide bonds. The van der Waals surface area contributed by atoms with Crippen molar-refractivity contribution in [3.05, 3.63) is 111 Å². The van der Waals surface area contributed by atoms with E-state index in [9.17, 15) is 9.59 Å². The smallest absolute Gasteiger partial charge is 0.265 e. The van der Waals surface area contributed by atoms with Gasteiger partial charge >= 0.3 is 0 Å². The summed E-state index contributed by atoms with van der Waals surface area (Å²) in [4.78, 5) is 32.3. The molecular formula is C27H23ClN4O3S. The third kappa shape index (κ3) is 4.97. The molecule has 9 heteroatoms. The lowest BCUT2D eigenvalue weighted by Gasteiger charge is -2.25. The van der Waals surface area contributed by atoms with Crippen LogP contribution in [0.4, 0.5) is 11.4 Å². The second-order valence-corrected chi connectivity index (χ2v) is 9.97. The number of hydrogen-bond acceptors (Lipinski definition) is 6. The Bertz CT molecular complexity index is 1410. The first-order valence-corrected chi connectivity index (χ1v) is 12.5. The predicted molar refractivity (Wildman–Crippen MR) is 141 cm³/mol. The Kier molecular flexibility index (Phi) is 6.99. The standard InChI is InChI=1S/C27H23ClN4O3S/c1-35-27-24-20(6-3-7-21(24)31-25(33)22-8-9-23(28)36-22)26(34)32(27)16-18-5-2-4-17(14-18)15-30-19-10-12-29-13-11-19/h2-14,27H,15-16H2,1H3,(H,29,30)(H,31,33). The van der Waals surface area contributed by atoms with Crippen molar-refractivity contribution in [2.45, 2.75) is 19.3 Å². The van der Waals surface area contributed by atoms with Gasteiger partial charge in [-0.05, 0) is 47.5 Å². The normalized spacial score (nSPS) is 14.6. The molecular weight excluding hydrogens is 496 g/mol. The Balaban J connectivity index is 1.35. The van der Waals surface area contributed by atoms with E-state index >= 15 is 0 Å². The number of anilines is 2. The van der Waals surface area contributed by atoms with Crippen LogP contribution in [-0.2, 0) is 17.8 Å². The summed E-state index contributed by atoms with van der Waals surface area (Å²) in [5, 5.41) is 6.30. The summed E-state index contributed by atoms with van der Waals surface area (Å²) in [7, 11) is 1.56. The molecule has 1 atom stereocenters. The molecule has 7 nitrogen and oxygen atoms in total. The number of fused-ring (bicyclic) bond motifs is 1. The fraction of sp³-hybridized carbons (Fsp3) is 0.148. The van der Waals surface area contributed by atoms with E-state index in [1.807, 2.05) is 30.3 Å². The molecule has 1 aliphatic rings. The first kappa shape index (κ1) is 24.0. The second kappa shape index (κ2) is 10.5. The molecule has 0 bridgehead atoms. The average Bonchev–Trinajstić information content (AvgIpc) is 3.45. The van der Waals surface area contributed by atoms with E-state index in [-0.39, 0.29) is 11.8 Å². The first-order valence-electron chi connectivity index (χ1n) is 11.3. The number of amides is 2. The van der Waals surface area contributed by atoms with Crippen molar-refractivity contribution in [1.29, 1.82) is 0 Å². The minimum atomic E-state index is -0.630. The SMILES string of the molecule is COC1c2c(NC(=O)c3ccc(Cl)s3)cccc2C(=O)N1Cc1cccc(CNc2ccncc2)c1. The van der Waals surface area contributed by atoms with Crippen molar-refractivity contribution >= 4 is 46.1 Å². The van der Waals surface area contributed by atoms with Gasteiger partial charge in [0.15, 0.2) is 6.23 Å². The predicted octanol–water partition coefficient (Wildman–Crippen LogP) is 5.96. The van der Waals surface area contributed by atoms with Crippen LogP contribution < -0.4 is 10.6 Å². The zero-order valence-corrected chi connectivity index (χ0v) is 21.0. The quantitative estimate of drug-likeness (QED) is 0.300. The minimum Gasteiger partial charge on any atom is -0.381 e. The lowest BCUT2D eigenvalue weighted by molar-refractivity contribution is -0.0159. The van der Waals surface area contributed by atoms with Crippen LogP contribution in [0.15, 0.2) is 79.1 Å². The van der Waals surface area contributed by atoms with E-state index in [2.05, 4.69) is 21.7 Å². The second-order valence-electron chi connectivity index (χ2n) is 8.26. The Morgan fingerprint density at radius 3 is 2.61 bits per heavy atom. The molecule has 0 radical (unpaired) electrons. The van der Waals surface area contributed by atoms with Crippen molar-refractivity contribution in [3.8, 4) is 0 Å². The molecule has 2 aromatic heterocycles. The highest BCUT2D eigenvalue weighted by Gasteiger charge is 2.39. The largest absolute Gasteiger partial charge is 0.381 e. The van der Waals surface area contributed by atoms with Crippen LogP contribution in [-0.4, -0.2) is 28.8 Å². The van der Waals surface area contributed by atoms with Gasteiger partial charge in [0.2, 0.25) is 0 Å². The van der Waals surface area contributed by atoms with Gasteiger partial charge in [0, 0.05) is 55.1 Å². The van der Waals surface area contributed by atoms with Gasteiger partial charge in [-0.25, -0.2) is 0 Å². The molecule has 0 saturated carbocycles. The fourth-order valence-electron chi connectivity index (χ4n) is 4.27. The number of methoxy groups -OCH3 is 1. The van der Waals surface area contributed by atoms with Gasteiger partial charge in [-0.2, -0.15) is 0 Å². The molecule has 4 aromatic rings. The number of benzene rings is 2. The van der Waals surface area contributed by atoms with Gasteiger partial charge in [0.25, 0.3) is 11.8 Å². The minimum absolute atomic E-state index is 0.146. The maximum absolute atomic E-state index is 13.4. The van der Waals surface area contributed by atoms with E-state index in [1.54, 1.807) is 54.7 Å². The van der Waals surface area contributed by atoms with E-state index in [1.165, 1.54) is 11.3 Å². The van der Waals surface area contributed by atoms with Crippen molar-refractivity contribution in [3.63, 3.8) is 0 Å². The Morgan fingerprint density at radius 1 is 1.08 bits per heavy atom. The number of halogens is 1. The maximum Gasteiger partial charge on any atom is 0.265 e. The van der Waals surface area contributed by atoms with Crippen molar-refractivity contribution in [2.24, 2.45) is 0 Å². The van der Waals surface area contributed by atoms with Crippen LogP contribution >= 0.6 is 22.9 Å². The highest BCUT2D eigenvalue weighted by atomic mass is 35.5. The number of pyridine rings is 1. The van der Waals surface area contributed by atoms with Crippen molar-refractivity contribution in [2.75, 3.05) is 17.7 Å². The molecule has 0 saturated heterocycles. The van der Waals surface area contributed by atoms with E-state index < -0.39 is 6.23 Å². The molecule has 0 fully saturated rings. The van der Waals surface area contributed by atoms with Crippen molar-refractivity contribution in [1.82, 2.24) is 9.88 Å². The molecule has 0 spiro atoms. The highest BCUT2D eigenvalue weighted by molar-refractivity contribution is 7.18. The summed E-state index contributed by atoms with van der Waals surface area (Å²) < 4.78 is 6.31. The number of nitrogens with one attached hydrogen (secondary N) is 2. The summed E-state index contributed by atoms with van der Waals surface area (Å²) in [6, 6.07) is 20.6. The monoisotopic (exact) mass is 518 g/mol. The molecule has 1 aliphatic heterocycles. The lowest BCUT2D eigenvalue weighted by Crippen LogP contribution is -2.28. The Morgan fingerprint density at radius 2 is 1.86 bits per heavy atom. The van der Waals surface area contributed by atoms with Crippen LogP contribution in [0.1, 0.15) is 42.9 Å². The number of rotatable bonds is 8. The summed E-state index contributed by atoms with van der Waals surface area (Å²) >= 11 is 7.18. The van der Waals surface area contributed by atoms with Gasteiger partial charge in [-0.15, -0.1) is 11.3 Å². The zero-order valence-electron chi connectivity index (χ0n) is 19.4. The summed E-state index contributed by atoms with van der Waals surface area (Å²) in [6.45, 7) is 1.01. The Hall–Kier alpha value is -3.72. The summed E-state index contributed by atoms with van der Waals surface area (Å²) in [5.74, 6) is -0.428. The average molecular weight is 519 g/mol. The molecule has 5 rings (SSSR count). The van der Waals surface area contributed by atoms with Gasteiger partial charge in [-0.3, -0.25) is 14.6 Å². The number of nitrogens with zero attached hydrogens (tertiary/aromatic N) is 2. The third-order valence-electron chi connectivity index (χ3n) is 5.92. The molecule has 3 heterocycles. The lowest BCUT2D eigenvalue weighted by atomic mass is 10.1. The number of carbonyl (C=O) groups is 2. The van der Waals surface area contributed by atoms with Crippen molar-refractivity contribution < 1.29 is 14.3 Å². The van der Waals surface area contributed by atoms with Gasteiger partial charge in [0.05, 0.1) is 9.21 Å². The molecule has 1 unspecified atom stereocenters. The Labute approximate surface area is 217 Å². The number of carbonyl (C=O) groups excluding carboxylic acids is 2. The highest BCUT2D eigenvalue weighted by Crippen LogP contribution is 2.40. The van der Waals surface area contributed by atoms with Gasteiger partial charge in [-0.1, -0.05) is 41.9 Å². The van der Waals surface area contributed by atoms with E-state index in [0.29, 0.717) is 39.1 Å². The maximum atomic E-state index is 13.4. The van der Waals surface area contributed by atoms with E-state index in [4.69, 9.17) is 16.3 Å². The number of hydrogen-bond donors (Lipinski definition) is 2. The van der Waals surface area contributed by atoms with Gasteiger partial charge < -0.3 is 20.3 Å². The first-order chi connectivity index (χ1) is 17.5. The third-order valence-corrected chi connectivity index (χ3v) is 7.15.